The molecule has 212 valence electrons. The first-order chi connectivity index (χ1) is 17.9. The molecule has 0 aliphatic carbocycles. The number of carboxylic acids is 2. The molecular formula is C22H22F3N3O9S2. The number of amidine groups is 1. The lowest BCUT2D eigenvalue weighted by atomic mass is 10.1. The summed E-state index contributed by atoms with van der Waals surface area (Å²) in [7, 11) is 0. The second kappa shape index (κ2) is 14.1. The van der Waals surface area contributed by atoms with E-state index in [1.165, 1.54) is 25.1 Å². The predicted octanol–water partition coefficient (Wildman–Crippen LogP) is 3.23. The lowest BCUT2D eigenvalue weighted by Crippen LogP contribution is -2.42. The van der Waals surface area contributed by atoms with Crippen molar-refractivity contribution in [3.05, 3.63) is 51.5 Å². The van der Waals surface area contributed by atoms with Crippen molar-refractivity contribution in [2.75, 3.05) is 0 Å². The van der Waals surface area contributed by atoms with E-state index in [4.69, 9.17) is 31.2 Å². The zero-order valence-electron chi connectivity index (χ0n) is 20.1. The van der Waals surface area contributed by atoms with Gasteiger partial charge in [0.15, 0.2) is 16.9 Å². The molecular weight excluding hydrogens is 571 g/mol. The highest BCUT2D eigenvalue weighted by molar-refractivity contribution is 8.14. The maximum atomic E-state index is 14.0. The van der Waals surface area contributed by atoms with E-state index in [0.29, 0.717) is 11.8 Å². The number of rotatable bonds is 10. The molecule has 2 atom stereocenters. The number of alkyl halides is 2. The Morgan fingerprint density at radius 3 is 2.21 bits per heavy atom. The first kappa shape index (κ1) is 32.9. The van der Waals surface area contributed by atoms with Crippen LogP contribution in [0, 0.1) is 17.1 Å². The van der Waals surface area contributed by atoms with E-state index < -0.39 is 52.1 Å². The first-order valence-electron chi connectivity index (χ1n) is 10.4. The lowest BCUT2D eigenvalue weighted by Gasteiger charge is -2.15. The van der Waals surface area contributed by atoms with Crippen LogP contribution >= 0.6 is 23.1 Å². The van der Waals surface area contributed by atoms with E-state index in [9.17, 15) is 37.1 Å². The van der Waals surface area contributed by atoms with Gasteiger partial charge in [-0.25, -0.2) is 23.6 Å². The molecule has 1 unspecified atom stereocenters. The lowest BCUT2D eigenvalue weighted by molar-refractivity contribution is -0.162. The molecule has 0 fully saturated rings. The van der Waals surface area contributed by atoms with E-state index >= 15 is 0 Å². The van der Waals surface area contributed by atoms with Crippen LogP contribution in [0.4, 0.5) is 18.0 Å². The fourth-order valence-electron chi connectivity index (χ4n) is 2.41. The minimum Gasteiger partial charge on any atom is -0.479 e. The number of amides is 1. The van der Waals surface area contributed by atoms with Gasteiger partial charge in [-0.2, -0.15) is 8.78 Å². The van der Waals surface area contributed by atoms with Gasteiger partial charge in [-0.3, -0.25) is 10.2 Å². The van der Waals surface area contributed by atoms with Crippen molar-refractivity contribution in [3.63, 3.8) is 0 Å². The van der Waals surface area contributed by atoms with Gasteiger partial charge in [0.25, 0.3) is 0 Å². The Balaban J connectivity index is 0.000000956. The number of thioether (sulfide) groups is 1. The monoisotopic (exact) mass is 593 g/mol. The topological polar surface area (TPSA) is 217 Å². The molecule has 12 nitrogen and oxygen atoms in total. The molecule has 1 heterocycles. The molecule has 0 saturated carbocycles. The van der Waals surface area contributed by atoms with E-state index in [-0.39, 0.29) is 40.2 Å². The molecule has 0 aliphatic rings. The first-order valence-corrected chi connectivity index (χ1v) is 12.1. The van der Waals surface area contributed by atoms with Crippen LogP contribution < -0.4 is 15.8 Å². The number of aliphatic carboxylic acids is 2. The van der Waals surface area contributed by atoms with Crippen LogP contribution in [0.2, 0.25) is 0 Å². The highest BCUT2D eigenvalue weighted by Crippen LogP contribution is 2.24. The van der Waals surface area contributed by atoms with Crippen LogP contribution in [0.25, 0.3) is 0 Å². The summed E-state index contributed by atoms with van der Waals surface area (Å²) in [5.41, 5.74) is 5.42. The summed E-state index contributed by atoms with van der Waals surface area (Å²) >= 11 is 1.06. The van der Waals surface area contributed by atoms with Gasteiger partial charge in [-0.15, -0.1) is 11.3 Å². The number of hydrogen-bond acceptors (Lipinski definition) is 9. The van der Waals surface area contributed by atoms with Gasteiger partial charge in [0.2, 0.25) is 5.91 Å². The summed E-state index contributed by atoms with van der Waals surface area (Å²) in [6.07, 6.45) is 0.148. The minimum atomic E-state index is -3.58. The molecule has 0 spiro atoms. The molecule has 1 aromatic heterocycles. The third kappa shape index (κ3) is 11.0. The Morgan fingerprint density at radius 1 is 1.15 bits per heavy atom. The maximum absolute atomic E-state index is 14.0. The fraction of sp³-hybridized carbons (Fsp3) is 0.273. The number of carbonyl (C=O) groups excluding carboxylic acids is 2. The molecule has 1 amide bonds. The third-order valence-corrected chi connectivity index (χ3v) is 6.20. The molecule has 0 aliphatic heterocycles. The van der Waals surface area contributed by atoms with Gasteiger partial charge in [0.05, 0.1) is 0 Å². The number of carboxylic acid groups (broad SMARTS) is 3. The molecule has 0 saturated heterocycles. The third-order valence-electron chi connectivity index (χ3n) is 4.36. The van der Waals surface area contributed by atoms with Crippen LogP contribution in [-0.2, 0) is 20.8 Å². The maximum Gasteiger partial charge on any atom is 0.374 e. The number of ether oxygens (including phenoxy) is 1. The minimum absolute atomic E-state index is 0.0494. The number of halogens is 3. The van der Waals surface area contributed by atoms with Crippen molar-refractivity contribution in [2.45, 2.75) is 31.6 Å². The Morgan fingerprint density at radius 2 is 1.74 bits per heavy atom. The van der Waals surface area contributed by atoms with Gasteiger partial charge in [-0.05, 0) is 48.5 Å². The standard InChI is InChI=1S/C19H18FN3O7S2.C3H4F2O2/c1-8(15(24)23-16(17(25)26)32-19(28)29)6-10-3-5-13(31-10)18(27)30-12-4-2-9(14(21)22)7-11(12)20;1-3(4,5)2(6)7/h2-5,7-8,16H,6H2,1H3,(H3,21,22)(H,23,24)(H,25,26)(H,28,29);1H3,(H,6,7)/t8?,16-;/m0./s1. The van der Waals surface area contributed by atoms with Gasteiger partial charge in [-0.1, -0.05) is 6.92 Å². The zero-order valence-corrected chi connectivity index (χ0v) is 21.7. The number of carbonyl (C=O) groups is 5. The Bertz CT molecular complexity index is 1260. The average molecular weight is 594 g/mol. The number of benzene rings is 1. The van der Waals surface area contributed by atoms with Gasteiger partial charge < -0.3 is 31.1 Å². The summed E-state index contributed by atoms with van der Waals surface area (Å²) in [5.74, 6) is -10.9. The Labute approximate surface area is 226 Å². The number of nitrogen functional groups attached to an aromatic ring is 1. The molecule has 39 heavy (non-hydrogen) atoms. The van der Waals surface area contributed by atoms with Crippen LogP contribution in [-0.4, -0.2) is 61.6 Å². The molecule has 7 N–H and O–H groups in total. The molecule has 0 radical (unpaired) electrons. The average Bonchev–Trinajstić information content (AvgIpc) is 3.27. The van der Waals surface area contributed by atoms with Crippen molar-refractivity contribution in [3.8, 4) is 5.75 Å². The van der Waals surface area contributed by atoms with Crippen LogP contribution in [0.5, 0.6) is 5.75 Å². The summed E-state index contributed by atoms with van der Waals surface area (Å²) in [5, 5.41) is 31.5. The predicted molar refractivity (Wildman–Crippen MR) is 133 cm³/mol. The highest BCUT2D eigenvalue weighted by Gasteiger charge is 2.31. The molecule has 2 rings (SSSR count). The largest absolute Gasteiger partial charge is 0.479 e. The van der Waals surface area contributed by atoms with Crippen molar-refractivity contribution in [2.24, 2.45) is 11.7 Å². The van der Waals surface area contributed by atoms with Crippen LogP contribution in [0.15, 0.2) is 30.3 Å². The molecule has 0 bridgehead atoms. The number of nitrogens with two attached hydrogens (primary N) is 1. The number of esters is 1. The molecule has 1 aromatic carbocycles. The fourth-order valence-corrected chi connectivity index (χ4v) is 3.90. The summed E-state index contributed by atoms with van der Waals surface area (Å²) in [6, 6.07) is 6.49. The van der Waals surface area contributed by atoms with Gasteiger partial charge in [0.1, 0.15) is 10.7 Å². The van der Waals surface area contributed by atoms with E-state index in [1.54, 1.807) is 6.07 Å². The van der Waals surface area contributed by atoms with Crippen LogP contribution in [0.1, 0.15) is 34.0 Å². The molecule has 2 aromatic rings. The highest BCUT2D eigenvalue weighted by atomic mass is 32.2. The van der Waals surface area contributed by atoms with Crippen molar-refractivity contribution in [1.29, 1.82) is 5.41 Å². The van der Waals surface area contributed by atoms with Crippen molar-refractivity contribution < 1.29 is 57.2 Å². The van der Waals surface area contributed by atoms with Crippen molar-refractivity contribution in [1.82, 2.24) is 5.32 Å². The smallest absolute Gasteiger partial charge is 0.374 e. The Hall–Kier alpha value is -4.12. The summed E-state index contributed by atoms with van der Waals surface area (Å²) in [4.78, 5) is 56.3. The summed E-state index contributed by atoms with van der Waals surface area (Å²) in [6.45, 7) is 1.85. The number of thiophene rings is 1. The molecule has 17 heteroatoms. The Kier molecular flexibility index (Phi) is 11.9. The van der Waals surface area contributed by atoms with Crippen molar-refractivity contribution >= 4 is 58.1 Å². The second-order valence-electron chi connectivity index (χ2n) is 7.62. The second-order valence-corrected chi connectivity index (χ2v) is 9.85. The van der Waals surface area contributed by atoms with E-state index in [1.807, 2.05) is 0 Å². The van der Waals surface area contributed by atoms with Gasteiger partial charge >= 0.3 is 29.1 Å². The van der Waals surface area contributed by atoms with Gasteiger partial charge in [0, 0.05) is 23.3 Å². The van der Waals surface area contributed by atoms with Crippen LogP contribution in [0.3, 0.4) is 0 Å². The summed E-state index contributed by atoms with van der Waals surface area (Å²) < 4.78 is 41.6. The van der Waals surface area contributed by atoms with E-state index in [0.717, 1.165) is 17.4 Å². The SMILES string of the molecule is CC(Cc1ccc(C(=O)Oc2ccc(C(=N)N)cc2F)s1)C(=O)N[C@@H](SC(=O)O)C(=O)O.CC(F)(F)C(=O)O. The quantitative estimate of drug-likeness (QED) is 0.0772. The normalized spacial score (nSPS) is 12.2. The number of nitrogens with one attached hydrogen (secondary N) is 2. The zero-order chi connectivity index (χ0) is 30.1. The number of hydrogen-bond donors (Lipinski definition) is 6. The van der Waals surface area contributed by atoms with E-state index in [2.05, 4.69) is 5.32 Å².